The number of hydrogen-bond donors (Lipinski definition) is 1. The second kappa shape index (κ2) is 8.82. The van der Waals surface area contributed by atoms with E-state index < -0.39 is 10.0 Å². The molecule has 25 heavy (non-hydrogen) atoms. The van der Waals surface area contributed by atoms with Gasteiger partial charge >= 0.3 is 0 Å². The van der Waals surface area contributed by atoms with Crippen molar-refractivity contribution in [2.75, 3.05) is 19.3 Å². The Morgan fingerprint density at radius 1 is 1.20 bits per heavy atom. The highest BCUT2D eigenvalue weighted by Gasteiger charge is 2.20. The molecule has 1 amide bonds. The van der Waals surface area contributed by atoms with Gasteiger partial charge in [0.2, 0.25) is 15.9 Å². The Labute approximate surface area is 148 Å². The molecule has 1 aromatic heterocycles. The monoisotopic (exact) mass is 364 g/mol. The summed E-state index contributed by atoms with van der Waals surface area (Å²) >= 11 is 0. The van der Waals surface area contributed by atoms with Crippen molar-refractivity contribution in [3.05, 3.63) is 59.5 Å². The molecule has 0 aliphatic carbocycles. The lowest BCUT2D eigenvalue weighted by Crippen LogP contribution is -2.40. The number of aryl methyl sites for hydroxylation is 2. The number of nitrogens with one attached hydrogen (secondary N) is 1. The number of amides is 1. The van der Waals surface area contributed by atoms with Gasteiger partial charge in [0.1, 0.15) is 5.76 Å². The zero-order chi connectivity index (χ0) is 18.3. The van der Waals surface area contributed by atoms with Crippen LogP contribution >= 0.6 is 0 Å². The van der Waals surface area contributed by atoms with Crippen molar-refractivity contribution in [2.24, 2.45) is 0 Å². The lowest BCUT2D eigenvalue weighted by atomic mass is 10.1. The Morgan fingerprint density at radius 3 is 2.52 bits per heavy atom. The number of rotatable bonds is 9. The summed E-state index contributed by atoms with van der Waals surface area (Å²) in [6.07, 6.45) is 4.19. The molecule has 1 N–H and O–H groups in total. The number of carbonyl (C=O) groups excluding carboxylic acids is 1. The largest absolute Gasteiger partial charge is 0.469 e. The zero-order valence-corrected chi connectivity index (χ0v) is 15.4. The van der Waals surface area contributed by atoms with Crippen molar-refractivity contribution in [1.29, 1.82) is 0 Å². The van der Waals surface area contributed by atoms with Crippen molar-refractivity contribution in [3.63, 3.8) is 0 Å². The van der Waals surface area contributed by atoms with Crippen LogP contribution in [0.1, 0.15) is 23.3 Å². The molecule has 2 aromatic rings. The van der Waals surface area contributed by atoms with E-state index in [1.54, 1.807) is 6.26 Å². The summed E-state index contributed by atoms with van der Waals surface area (Å²) in [5.74, 6) is 0.559. The summed E-state index contributed by atoms with van der Waals surface area (Å²) < 4.78 is 30.3. The number of nitrogens with zero attached hydrogens (tertiary/aromatic N) is 1. The summed E-state index contributed by atoms with van der Waals surface area (Å²) in [6.45, 7) is 2.43. The second-order valence-corrected chi connectivity index (χ2v) is 8.03. The lowest BCUT2D eigenvalue weighted by molar-refractivity contribution is -0.121. The highest BCUT2D eigenvalue weighted by molar-refractivity contribution is 7.88. The van der Waals surface area contributed by atoms with Crippen molar-refractivity contribution in [2.45, 2.75) is 26.3 Å². The van der Waals surface area contributed by atoms with E-state index in [2.05, 4.69) is 5.32 Å². The van der Waals surface area contributed by atoms with Crippen LogP contribution in [0, 0.1) is 6.92 Å². The predicted molar refractivity (Wildman–Crippen MR) is 96.5 cm³/mol. The maximum Gasteiger partial charge on any atom is 0.235 e. The molecule has 0 saturated heterocycles. The molecule has 136 valence electrons. The molecule has 0 fully saturated rings. The van der Waals surface area contributed by atoms with Crippen LogP contribution in [0.5, 0.6) is 0 Å². The average molecular weight is 364 g/mol. The Kier molecular flexibility index (Phi) is 6.78. The first-order valence-electron chi connectivity index (χ1n) is 8.14. The normalized spacial score (nSPS) is 11.6. The SMILES string of the molecule is Cc1ccc(CN(CC(=O)NCCCc2ccco2)S(C)(=O)=O)cc1. The Balaban J connectivity index is 1.83. The van der Waals surface area contributed by atoms with Gasteiger partial charge < -0.3 is 9.73 Å². The van der Waals surface area contributed by atoms with Crippen LogP contribution in [-0.2, 0) is 27.8 Å². The third-order valence-electron chi connectivity index (χ3n) is 3.77. The van der Waals surface area contributed by atoms with Gasteiger partial charge in [0.15, 0.2) is 0 Å². The number of sulfonamides is 1. The standard InChI is InChI=1S/C18H24N2O4S/c1-15-7-9-16(10-8-15)13-20(25(2,22)23)14-18(21)19-11-3-5-17-6-4-12-24-17/h4,6-10,12H,3,5,11,13-14H2,1-2H3,(H,19,21). The van der Waals surface area contributed by atoms with Crippen LogP contribution in [0.4, 0.5) is 0 Å². The van der Waals surface area contributed by atoms with Gasteiger partial charge in [-0.25, -0.2) is 8.42 Å². The van der Waals surface area contributed by atoms with Gasteiger partial charge in [-0.05, 0) is 31.0 Å². The van der Waals surface area contributed by atoms with Crippen LogP contribution < -0.4 is 5.32 Å². The second-order valence-electron chi connectivity index (χ2n) is 6.05. The van der Waals surface area contributed by atoms with Gasteiger partial charge in [-0.1, -0.05) is 29.8 Å². The minimum absolute atomic E-state index is 0.179. The van der Waals surface area contributed by atoms with Crippen LogP contribution in [0.15, 0.2) is 47.1 Å². The number of benzene rings is 1. The van der Waals surface area contributed by atoms with E-state index in [0.717, 1.165) is 36.0 Å². The zero-order valence-electron chi connectivity index (χ0n) is 14.6. The van der Waals surface area contributed by atoms with Crippen LogP contribution in [0.25, 0.3) is 0 Å². The Bertz CT molecular complexity index is 768. The smallest absolute Gasteiger partial charge is 0.235 e. The molecule has 0 aliphatic heterocycles. The van der Waals surface area contributed by atoms with Gasteiger partial charge in [0, 0.05) is 19.5 Å². The van der Waals surface area contributed by atoms with Crippen molar-refractivity contribution in [1.82, 2.24) is 9.62 Å². The fourth-order valence-electron chi connectivity index (χ4n) is 2.35. The summed E-state index contributed by atoms with van der Waals surface area (Å²) in [4.78, 5) is 12.1. The van der Waals surface area contributed by atoms with E-state index >= 15 is 0 Å². The van der Waals surface area contributed by atoms with Crippen molar-refractivity contribution >= 4 is 15.9 Å². The van der Waals surface area contributed by atoms with E-state index in [1.165, 1.54) is 4.31 Å². The summed E-state index contributed by atoms with van der Waals surface area (Å²) in [5.41, 5.74) is 1.95. The van der Waals surface area contributed by atoms with Crippen molar-refractivity contribution < 1.29 is 17.6 Å². The van der Waals surface area contributed by atoms with Crippen LogP contribution in [0.2, 0.25) is 0 Å². The molecular weight excluding hydrogens is 340 g/mol. The molecule has 0 atom stereocenters. The van der Waals surface area contributed by atoms with Crippen molar-refractivity contribution in [3.8, 4) is 0 Å². The van der Waals surface area contributed by atoms with Crippen LogP contribution in [0.3, 0.4) is 0 Å². The van der Waals surface area contributed by atoms with Gasteiger partial charge in [-0.2, -0.15) is 4.31 Å². The molecule has 7 heteroatoms. The van der Waals surface area contributed by atoms with E-state index in [1.807, 2.05) is 43.3 Å². The topological polar surface area (TPSA) is 79.6 Å². The minimum Gasteiger partial charge on any atom is -0.469 e. The van der Waals surface area contributed by atoms with E-state index in [9.17, 15) is 13.2 Å². The number of furan rings is 1. The molecular formula is C18H24N2O4S. The van der Waals surface area contributed by atoms with E-state index in [0.29, 0.717) is 6.54 Å². The molecule has 1 aromatic carbocycles. The molecule has 0 saturated carbocycles. The molecule has 6 nitrogen and oxygen atoms in total. The Morgan fingerprint density at radius 2 is 1.92 bits per heavy atom. The fraction of sp³-hybridized carbons (Fsp3) is 0.389. The lowest BCUT2D eigenvalue weighted by Gasteiger charge is -2.19. The average Bonchev–Trinajstić information content (AvgIpc) is 3.05. The first-order chi connectivity index (χ1) is 11.8. The third kappa shape index (κ3) is 6.72. The molecule has 0 radical (unpaired) electrons. The summed E-state index contributed by atoms with van der Waals surface area (Å²) in [5, 5.41) is 2.76. The van der Waals surface area contributed by atoms with Gasteiger partial charge in [-0.3, -0.25) is 4.79 Å². The molecule has 2 rings (SSSR count). The van der Waals surface area contributed by atoms with Gasteiger partial charge in [0.25, 0.3) is 0 Å². The first-order valence-corrected chi connectivity index (χ1v) is 9.99. The van der Waals surface area contributed by atoms with E-state index in [-0.39, 0.29) is 19.0 Å². The maximum atomic E-state index is 12.1. The molecule has 0 unspecified atom stereocenters. The highest BCUT2D eigenvalue weighted by atomic mass is 32.2. The van der Waals surface area contributed by atoms with Crippen LogP contribution in [-0.4, -0.2) is 38.0 Å². The van der Waals surface area contributed by atoms with Gasteiger partial charge in [0.05, 0.1) is 19.1 Å². The number of hydrogen-bond acceptors (Lipinski definition) is 4. The molecule has 0 spiro atoms. The first kappa shape index (κ1) is 19.2. The quantitative estimate of drug-likeness (QED) is 0.691. The fourth-order valence-corrected chi connectivity index (χ4v) is 3.08. The predicted octanol–water partition coefficient (Wildman–Crippen LogP) is 2.10. The molecule has 1 heterocycles. The Hall–Kier alpha value is -2.12. The third-order valence-corrected chi connectivity index (χ3v) is 4.97. The minimum atomic E-state index is -3.48. The molecule has 0 bridgehead atoms. The summed E-state index contributed by atoms with van der Waals surface area (Å²) in [6, 6.07) is 11.3. The van der Waals surface area contributed by atoms with Gasteiger partial charge in [-0.15, -0.1) is 0 Å². The number of carbonyl (C=O) groups is 1. The highest BCUT2D eigenvalue weighted by Crippen LogP contribution is 2.10. The van der Waals surface area contributed by atoms with E-state index in [4.69, 9.17) is 4.42 Å². The summed E-state index contributed by atoms with van der Waals surface area (Å²) in [7, 11) is -3.48. The molecule has 0 aliphatic rings. The maximum absolute atomic E-state index is 12.1.